The highest BCUT2D eigenvalue weighted by Crippen LogP contribution is 2.38. The molecule has 30 heavy (non-hydrogen) atoms. The van der Waals surface area contributed by atoms with Gasteiger partial charge in [-0.25, -0.2) is 4.79 Å². The average Bonchev–Trinajstić information content (AvgIpc) is 3.10. The van der Waals surface area contributed by atoms with Crippen molar-refractivity contribution in [2.24, 2.45) is 0 Å². The molecule has 0 radical (unpaired) electrons. The summed E-state index contributed by atoms with van der Waals surface area (Å²) >= 11 is 0. The first-order valence-electron chi connectivity index (χ1n) is 10.9. The van der Waals surface area contributed by atoms with Crippen LogP contribution in [0.3, 0.4) is 0 Å². The van der Waals surface area contributed by atoms with Crippen LogP contribution in [0.1, 0.15) is 61.9 Å². The summed E-state index contributed by atoms with van der Waals surface area (Å²) < 4.78 is 1.31. The molecule has 0 saturated heterocycles. The number of fused-ring (bicyclic) bond motifs is 3. The fourth-order valence-corrected chi connectivity index (χ4v) is 4.63. The number of aromatic hydroxyl groups is 1. The van der Waals surface area contributed by atoms with Crippen LogP contribution in [0.2, 0.25) is 0 Å². The molecule has 1 aromatic carbocycles. The highest BCUT2D eigenvalue weighted by Gasteiger charge is 2.34. The fourth-order valence-electron chi connectivity index (χ4n) is 4.63. The summed E-state index contributed by atoms with van der Waals surface area (Å²) in [4.78, 5) is 33.2. The Labute approximate surface area is 175 Å². The van der Waals surface area contributed by atoms with Crippen LogP contribution in [0.5, 0.6) is 5.88 Å². The third-order valence-electron chi connectivity index (χ3n) is 6.24. The van der Waals surface area contributed by atoms with Gasteiger partial charge in [-0.1, -0.05) is 50.8 Å². The zero-order valence-corrected chi connectivity index (χ0v) is 17.7. The van der Waals surface area contributed by atoms with Crippen LogP contribution < -0.4 is 11.2 Å². The molecule has 160 valence electrons. The number of nitrogens with zero attached hydrogens (tertiary/aromatic N) is 2. The van der Waals surface area contributed by atoms with Crippen molar-refractivity contribution < 1.29 is 5.11 Å². The SMILES string of the molecule is CCCCCCCn1c(O)c(C2c3[nH]c4ccccc4c3CCN2C)c(=O)[nH]c1=O. The van der Waals surface area contributed by atoms with E-state index in [2.05, 4.69) is 27.9 Å². The Morgan fingerprint density at radius 2 is 1.87 bits per heavy atom. The molecular weight excluding hydrogens is 380 g/mol. The Morgan fingerprint density at radius 1 is 1.10 bits per heavy atom. The lowest BCUT2D eigenvalue weighted by Crippen LogP contribution is -2.40. The summed E-state index contributed by atoms with van der Waals surface area (Å²) in [5.74, 6) is -0.220. The molecule has 0 saturated carbocycles. The molecule has 3 aromatic rings. The van der Waals surface area contributed by atoms with Gasteiger partial charge in [-0.05, 0) is 31.5 Å². The molecule has 1 atom stereocenters. The zero-order chi connectivity index (χ0) is 21.3. The number of H-pyrrole nitrogens is 2. The normalized spacial score (nSPS) is 16.8. The minimum atomic E-state index is -0.549. The Hall–Kier alpha value is -2.80. The summed E-state index contributed by atoms with van der Waals surface area (Å²) in [5.41, 5.74) is 2.26. The number of para-hydroxylation sites is 1. The van der Waals surface area contributed by atoms with E-state index in [1.165, 1.54) is 10.1 Å². The molecule has 2 aromatic heterocycles. The van der Waals surface area contributed by atoms with Gasteiger partial charge >= 0.3 is 5.69 Å². The van der Waals surface area contributed by atoms with Crippen LogP contribution in [-0.4, -0.2) is 38.1 Å². The number of hydrogen-bond donors (Lipinski definition) is 3. The fraction of sp³-hybridized carbons (Fsp3) is 0.478. The topological polar surface area (TPSA) is 94.1 Å². The van der Waals surface area contributed by atoms with Gasteiger partial charge in [0.05, 0.1) is 6.04 Å². The molecule has 0 spiro atoms. The van der Waals surface area contributed by atoms with Crippen LogP contribution in [0.4, 0.5) is 0 Å². The molecule has 0 amide bonds. The molecular formula is C23H30N4O3. The van der Waals surface area contributed by atoms with Crippen molar-refractivity contribution in [3.8, 4) is 5.88 Å². The van der Waals surface area contributed by atoms with Crippen molar-refractivity contribution in [1.82, 2.24) is 19.4 Å². The van der Waals surface area contributed by atoms with Gasteiger partial charge in [0.2, 0.25) is 5.88 Å². The van der Waals surface area contributed by atoms with Gasteiger partial charge in [-0.15, -0.1) is 0 Å². The minimum absolute atomic E-state index is 0.220. The number of benzene rings is 1. The van der Waals surface area contributed by atoms with E-state index in [1.807, 2.05) is 25.2 Å². The maximum absolute atomic E-state index is 12.8. The molecule has 0 fully saturated rings. The summed E-state index contributed by atoms with van der Waals surface area (Å²) in [6.07, 6.45) is 6.05. The Kier molecular flexibility index (Phi) is 5.81. The average molecular weight is 411 g/mol. The monoisotopic (exact) mass is 410 g/mol. The van der Waals surface area contributed by atoms with Gasteiger partial charge in [0.1, 0.15) is 5.56 Å². The van der Waals surface area contributed by atoms with Gasteiger partial charge in [0.15, 0.2) is 0 Å². The van der Waals surface area contributed by atoms with Crippen LogP contribution in [0, 0.1) is 0 Å². The predicted octanol–water partition coefficient (Wildman–Crippen LogP) is 3.27. The third-order valence-corrected chi connectivity index (χ3v) is 6.24. The van der Waals surface area contributed by atoms with Crippen LogP contribution in [0.15, 0.2) is 33.9 Å². The molecule has 4 rings (SSSR count). The van der Waals surface area contributed by atoms with Gasteiger partial charge in [0, 0.05) is 29.7 Å². The summed E-state index contributed by atoms with van der Waals surface area (Å²) in [5, 5.41) is 12.2. The second-order valence-electron chi connectivity index (χ2n) is 8.26. The first-order chi connectivity index (χ1) is 14.5. The van der Waals surface area contributed by atoms with Crippen LogP contribution >= 0.6 is 0 Å². The van der Waals surface area contributed by atoms with Crippen molar-refractivity contribution in [2.45, 2.75) is 58.0 Å². The lowest BCUT2D eigenvalue weighted by atomic mass is 9.94. The van der Waals surface area contributed by atoms with E-state index in [0.717, 1.165) is 61.7 Å². The molecule has 1 aliphatic heterocycles. The van der Waals surface area contributed by atoms with Crippen molar-refractivity contribution in [2.75, 3.05) is 13.6 Å². The first-order valence-corrected chi connectivity index (χ1v) is 10.9. The molecule has 3 N–H and O–H groups in total. The summed E-state index contributed by atoms with van der Waals surface area (Å²) in [6, 6.07) is 7.65. The molecule has 1 unspecified atom stereocenters. The standard InChI is InChI=1S/C23H30N4O3/c1-3-4-5-6-9-13-27-22(29)18(21(28)25-23(27)30)20-19-16(12-14-26(20)2)15-10-7-8-11-17(15)24-19/h7-8,10-11,20,24,29H,3-6,9,12-14H2,1-2H3,(H,25,28,30). The molecule has 7 nitrogen and oxygen atoms in total. The van der Waals surface area contributed by atoms with Crippen molar-refractivity contribution >= 4 is 10.9 Å². The summed E-state index contributed by atoms with van der Waals surface area (Å²) in [6.45, 7) is 3.31. The highest BCUT2D eigenvalue weighted by molar-refractivity contribution is 5.85. The van der Waals surface area contributed by atoms with Crippen LogP contribution in [-0.2, 0) is 13.0 Å². The van der Waals surface area contributed by atoms with E-state index < -0.39 is 17.3 Å². The van der Waals surface area contributed by atoms with E-state index in [1.54, 1.807) is 0 Å². The van der Waals surface area contributed by atoms with Crippen molar-refractivity contribution in [1.29, 1.82) is 0 Å². The maximum atomic E-state index is 12.8. The zero-order valence-electron chi connectivity index (χ0n) is 17.7. The van der Waals surface area contributed by atoms with E-state index in [0.29, 0.717) is 6.54 Å². The lowest BCUT2D eigenvalue weighted by Gasteiger charge is -2.33. The largest absolute Gasteiger partial charge is 0.494 e. The first kappa shape index (κ1) is 20.5. The van der Waals surface area contributed by atoms with Gasteiger partial charge in [-0.2, -0.15) is 0 Å². The lowest BCUT2D eigenvalue weighted by molar-refractivity contribution is 0.249. The Morgan fingerprint density at radius 3 is 2.67 bits per heavy atom. The predicted molar refractivity (Wildman–Crippen MR) is 118 cm³/mol. The van der Waals surface area contributed by atoms with Gasteiger partial charge in [-0.3, -0.25) is 19.2 Å². The Bertz CT molecular complexity index is 1160. The Balaban J connectivity index is 1.76. The van der Waals surface area contributed by atoms with Crippen LogP contribution in [0.25, 0.3) is 10.9 Å². The molecule has 7 heteroatoms. The van der Waals surface area contributed by atoms with Gasteiger partial charge in [0.25, 0.3) is 5.56 Å². The number of rotatable bonds is 7. The minimum Gasteiger partial charge on any atom is -0.494 e. The van der Waals surface area contributed by atoms with E-state index in [4.69, 9.17) is 0 Å². The van der Waals surface area contributed by atoms with Crippen molar-refractivity contribution in [3.05, 3.63) is 61.9 Å². The third kappa shape index (κ3) is 3.58. The van der Waals surface area contributed by atoms with Gasteiger partial charge < -0.3 is 10.1 Å². The highest BCUT2D eigenvalue weighted by atomic mass is 16.3. The smallest absolute Gasteiger partial charge is 0.331 e. The molecule has 1 aliphatic rings. The second-order valence-corrected chi connectivity index (χ2v) is 8.26. The molecule has 0 bridgehead atoms. The van der Waals surface area contributed by atoms with E-state index >= 15 is 0 Å². The number of aromatic nitrogens is 3. The molecule has 0 aliphatic carbocycles. The number of aromatic amines is 2. The number of likely N-dealkylation sites (N-methyl/N-ethyl adjacent to an activating group) is 1. The van der Waals surface area contributed by atoms with E-state index in [-0.39, 0.29) is 11.4 Å². The number of nitrogens with one attached hydrogen (secondary N) is 2. The van der Waals surface area contributed by atoms with Crippen molar-refractivity contribution in [3.63, 3.8) is 0 Å². The quantitative estimate of drug-likeness (QED) is 0.521. The number of hydrogen-bond acceptors (Lipinski definition) is 4. The second kappa shape index (κ2) is 8.52. The number of unbranched alkanes of at least 4 members (excludes halogenated alkanes) is 4. The van der Waals surface area contributed by atoms with E-state index in [9.17, 15) is 14.7 Å². The summed E-state index contributed by atoms with van der Waals surface area (Å²) in [7, 11) is 1.94. The maximum Gasteiger partial charge on any atom is 0.331 e. The molecule has 3 heterocycles.